The van der Waals surface area contributed by atoms with Gasteiger partial charge < -0.3 is 19.6 Å². The molecule has 2 aromatic rings. The molecule has 2 rings (SSSR count). The Morgan fingerprint density at radius 1 is 1.46 bits per heavy atom. The molecule has 0 aliphatic heterocycles. The number of methoxy groups -OCH3 is 1. The lowest BCUT2D eigenvalue weighted by Crippen LogP contribution is -2.34. The summed E-state index contributed by atoms with van der Waals surface area (Å²) in [5.74, 6) is -0.642. The summed E-state index contributed by atoms with van der Waals surface area (Å²) >= 11 is 3.18. The lowest BCUT2D eigenvalue weighted by Gasteiger charge is -2.06. The van der Waals surface area contributed by atoms with E-state index >= 15 is 0 Å². The number of nitrogens with zero attached hydrogens (tertiary/aromatic N) is 1. The van der Waals surface area contributed by atoms with E-state index in [-0.39, 0.29) is 23.8 Å². The number of hydrogen-bond donors (Lipinski definition) is 3. The van der Waals surface area contributed by atoms with Gasteiger partial charge in [0.1, 0.15) is 0 Å². The van der Waals surface area contributed by atoms with E-state index in [2.05, 4.69) is 31.8 Å². The largest absolute Gasteiger partial charge is 0.503 e. The van der Waals surface area contributed by atoms with Crippen LogP contribution in [0.3, 0.4) is 0 Å². The van der Waals surface area contributed by atoms with Crippen molar-refractivity contribution in [2.45, 2.75) is 0 Å². The summed E-state index contributed by atoms with van der Waals surface area (Å²) in [6.45, 7) is -0.251. The highest BCUT2D eigenvalue weighted by molar-refractivity contribution is 9.10. The molecule has 0 fully saturated rings. The van der Waals surface area contributed by atoms with Gasteiger partial charge in [0.25, 0.3) is 11.8 Å². The van der Waals surface area contributed by atoms with Crippen LogP contribution in [0.2, 0.25) is 0 Å². The van der Waals surface area contributed by atoms with Crippen LogP contribution in [-0.4, -0.2) is 36.8 Å². The standard InChI is InChI=1S/C15H14BrN3O5/c1-23-12-6-9(5-10(16)14(12)21)7-18-19-13(20)8-17-15(22)11-3-2-4-24-11/h2-7,21H,8H2,1H3,(H,17,22)(H,19,20)/b18-7+. The Labute approximate surface area is 145 Å². The summed E-state index contributed by atoms with van der Waals surface area (Å²) in [5, 5.41) is 15.9. The van der Waals surface area contributed by atoms with E-state index in [1.165, 1.54) is 25.7 Å². The monoisotopic (exact) mass is 395 g/mol. The lowest BCUT2D eigenvalue weighted by atomic mass is 10.2. The molecule has 24 heavy (non-hydrogen) atoms. The van der Waals surface area contributed by atoms with Gasteiger partial charge in [0.2, 0.25) is 0 Å². The molecule has 3 N–H and O–H groups in total. The molecule has 0 radical (unpaired) electrons. The molecule has 9 heteroatoms. The Morgan fingerprint density at radius 2 is 2.25 bits per heavy atom. The molecule has 0 aliphatic carbocycles. The van der Waals surface area contributed by atoms with Crippen molar-refractivity contribution in [3.63, 3.8) is 0 Å². The number of hydrogen-bond acceptors (Lipinski definition) is 6. The third kappa shape index (κ3) is 4.59. The molecule has 0 atom stereocenters. The minimum atomic E-state index is -0.504. The zero-order valence-corrected chi connectivity index (χ0v) is 14.2. The molecule has 0 aliphatic rings. The number of furan rings is 1. The molecular weight excluding hydrogens is 382 g/mol. The smallest absolute Gasteiger partial charge is 0.287 e. The summed E-state index contributed by atoms with van der Waals surface area (Å²) in [5.41, 5.74) is 2.86. The second-order valence-corrected chi connectivity index (χ2v) is 5.36. The quantitative estimate of drug-likeness (QED) is 0.508. The van der Waals surface area contributed by atoms with Crippen molar-refractivity contribution in [1.29, 1.82) is 0 Å². The van der Waals surface area contributed by atoms with Crippen molar-refractivity contribution in [2.24, 2.45) is 5.10 Å². The van der Waals surface area contributed by atoms with Crippen LogP contribution < -0.4 is 15.5 Å². The number of halogens is 1. The van der Waals surface area contributed by atoms with E-state index in [9.17, 15) is 14.7 Å². The molecule has 0 saturated heterocycles. The van der Waals surface area contributed by atoms with Gasteiger partial charge in [-0.05, 0) is 45.8 Å². The van der Waals surface area contributed by atoms with Gasteiger partial charge in [-0.25, -0.2) is 5.43 Å². The Morgan fingerprint density at radius 3 is 2.92 bits per heavy atom. The molecule has 0 saturated carbocycles. The van der Waals surface area contributed by atoms with E-state index in [0.29, 0.717) is 10.0 Å². The molecule has 1 heterocycles. The maximum Gasteiger partial charge on any atom is 0.287 e. The normalized spacial score (nSPS) is 10.6. The van der Waals surface area contributed by atoms with Crippen LogP contribution in [0.1, 0.15) is 16.1 Å². The molecular formula is C15H14BrN3O5. The zero-order chi connectivity index (χ0) is 17.5. The van der Waals surface area contributed by atoms with Crippen LogP contribution >= 0.6 is 15.9 Å². The minimum absolute atomic E-state index is 0.0284. The van der Waals surface area contributed by atoms with E-state index in [0.717, 1.165) is 0 Å². The summed E-state index contributed by atoms with van der Waals surface area (Å²) in [6, 6.07) is 6.21. The van der Waals surface area contributed by atoms with E-state index in [1.807, 2.05) is 0 Å². The molecule has 1 aromatic heterocycles. The number of ether oxygens (including phenoxy) is 1. The average molecular weight is 396 g/mol. The molecule has 8 nitrogen and oxygen atoms in total. The minimum Gasteiger partial charge on any atom is -0.503 e. The number of hydrazone groups is 1. The fourth-order valence-corrected chi connectivity index (χ4v) is 2.16. The van der Waals surface area contributed by atoms with Crippen molar-refractivity contribution in [3.05, 3.63) is 46.3 Å². The number of amides is 2. The number of phenols is 1. The van der Waals surface area contributed by atoms with Crippen molar-refractivity contribution in [3.8, 4) is 11.5 Å². The van der Waals surface area contributed by atoms with Gasteiger partial charge in [-0.3, -0.25) is 9.59 Å². The maximum absolute atomic E-state index is 11.6. The number of phenolic OH excluding ortho intramolecular Hbond substituents is 1. The van der Waals surface area contributed by atoms with Gasteiger partial charge in [-0.1, -0.05) is 0 Å². The first-order valence-corrected chi connectivity index (χ1v) is 7.50. The summed E-state index contributed by atoms with van der Waals surface area (Å²) in [6.07, 6.45) is 2.74. The zero-order valence-electron chi connectivity index (χ0n) is 12.6. The first-order valence-electron chi connectivity index (χ1n) is 6.71. The second-order valence-electron chi connectivity index (χ2n) is 4.51. The van der Waals surface area contributed by atoms with Gasteiger partial charge in [-0.2, -0.15) is 5.10 Å². The van der Waals surface area contributed by atoms with E-state index in [4.69, 9.17) is 9.15 Å². The van der Waals surface area contributed by atoms with E-state index in [1.54, 1.807) is 18.2 Å². The van der Waals surface area contributed by atoms with Gasteiger partial charge in [0, 0.05) is 0 Å². The molecule has 2 amide bonds. The van der Waals surface area contributed by atoms with Crippen LogP contribution in [0.15, 0.2) is 44.5 Å². The third-order valence-electron chi connectivity index (χ3n) is 2.83. The molecule has 0 bridgehead atoms. The number of carbonyl (C=O) groups is 2. The lowest BCUT2D eigenvalue weighted by molar-refractivity contribution is -0.120. The van der Waals surface area contributed by atoms with E-state index < -0.39 is 11.8 Å². The summed E-state index contributed by atoms with van der Waals surface area (Å²) in [7, 11) is 1.42. The highest BCUT2D eigenvalue weighted by Crippen LogP contribution is 2.34. The Balaban J connectivity index is 1.86. The fourth-order valence-electron chi connectivity index (χ4n) is 1.70. The Hall–Kier alpha value is -2.81. The van der Waals surface area contributed by atoms with Gasteiger partial charge in [-0.15, -0.1) is 0 Å². The van der Waals surface area contributed by atoms with Crippen LogP contribution in [0.4, 0.5) is 0 Å². The van der Waals surface area contributed by atoms with Crippen LogP contribution in [0.25, 0.3) is 0 Å². The van der Waals surface area contributed by atoms with Crippen molar-refractivity contribution in [2.75, 3.05) is 13.7 Å². The second kappa shape index (κ2) is 8.16. The van der Waals surface area contributed by atoms with Crippen LogP contribution in [-0.2, 0) is 4.79 Å². The van der Waals surface area contributed by atoms with Gasteiger partial charge >= 0.3 is 0 Å². The van der Waals surface area contributed by atoms with Gasteiger partial charge in [0.05, 0.1) is 30.6 Å². The Kier molecular flexibility index (Phi) is 5.96. The van der Waals surface area contributed by atoms with Crippen molar-refractivity contribution in [1.82, 2.24) is 10.7 Å². The van der Waals surface area contributed by atoms with Crippen molar-refractivity contribution >= 4 is 34.0 Å². The maximum atomic E-state index is 11.6. The first-order chi connectivity index (χ1) is 11.5. The topological polar surface area (TPSA) is 113 Å². The number of carbonyl (C=O) groups excluding carboxylic acids is 2. The SMILES string of the molecule is COc1cc(/C=N/NC(=O)CNC(=O)c2ccco2)cc(Br)c1O. The Bertz CT molecular complexity index is 759. The molecule has 126 valence electrons. The number of nitrogens with one attached hydrogen (secondary N) is 2. The molecule has 1 aromatic carbocycles. The summed E-state index contributed by atoms with van der Waals surface area (Å²) < 4.78 is 10.3. The van der Waals surface area contributed by atoms with Crippen LogP contribution in [0, 0.1) is 0 Å². The average Bonchev–Trinajstić information content (AvgIpc) is 3.10. The number of benzene rings is 1. The predicted octanol–water partition coefficient (Wildman–Crippen LogP) is 1.64. The van der Waals surface area contributed by atoms with Crippen molar-refractivity contribution < 1.29 is 23.8 Å². The predicted molar refractivity (Wildman–Crippen MR) is 89.1 cm³/mol. The molecule has 0 spiro atoms. The fraction of sp³-hybridized carbons (Fsp3) is 0.133. The highest BCUT2D eigenvalue weighted by Gasteiger charge is 2.10. The third-order valence-corrected chi connectivity index (χ3v) is 3.43. The first kappa shape index (κ1) is 17.5. The highest BCUT2D eigenvalue weighted by atomic mass is 79.9. The van der Waals surface area contributed by atoms with Gasteiger partial charge in [0.15, 0.2) is 17.3 Å². The van der Waals surface area contributed by atoms with Crippen LogP contribution in [0.5, 0.6) is 11.5 Å². The number of rotatable bonds is 6. The number of aromatic hydroxyl groups is 1. The molecule has 0 unspecified atom stereocenters. The summed E-state index contributed by atoms with van der Waals surface area (Å²) in [4.78, 5) is 23.2.